The van der Waals surface area contributed by atoms with E-state index in [2.05, 4.69) is 0 Å². The summed E-state index contributed by atoms with van der Waals surface area (Å²) in [6, 6.07) is 2.81. The average molecular weight is 387 g/mol. The van der Waals surface area contributed by atoms with Gasteiger partial charge in [0.05, 0.1) is 16.7 Å². The lowest BCUT2D eigenvalue weighted by molar-refractivity contribution is 0.0649. The predicted molar refractivity (Wildman–Crippen MR) is 106 cm³/mol. The Labute approximate surface area is 161 Å². The highest BCUT2D eigenvalue weighted by Crippen LogP contribution is 2.12. The Kier molecular flexibility index (Phi) is 17.1. The third-order valence-corrected chi connectivity index (χ3v) is 1.73. The van der Waals surface area contributed by atoms with Gasteiger partial charge in [0, 0.05) is 0 Å². The smallest absolute Gasteiger partial charge is 0.336 e. The minimum atomic E-state index is -1.48. The van der Waals surface area contributed by atoms with Gasteiger partial charge < -0.3 is 30.0 Å². The van der Waals surface area contributed by atoms with Crippen LogP contribution in [0.1, 0.15) is 31.1 Å². The van der Waals surface area contributed by atoms with Gasteiger partial charge in [-0.3, -0.25) is 0 Å². The summed E-state index contributed by atoms with van der Waals surface area (Å²) >= 11 is 0. The molecule has 0 saturated heterocycles. The van der Waals surface area contributed by atoms with Crippen molar-refractivity contribution >= 4 is 17.9 Å². The van der Waals surface area contributed by atoms with E-state index in [1.165, 1.54) is 0 Å². The minimum absolute atomic E-state index is 0.266. The highest BCUT2D eigenvalue weighted by molar-refractivity contribution is 6.03. The van der Waals surface area contributed by atoms with Crippen LogP contribution in [0.2, 0.25) is 0 Å². The Balaban J connectivity index is -0.000000394. The average Bonchev–Trinajstić information content (AvgIpc) is 2.44. The van der Waals surface area contributed by atoms with Crippen LogP contribution in [0, 0.1) is 0 Å². The van der Waals surface area contributed by atoms with Gasteiger partial charge >= 0.3 is 17.9 Å². The summed E-state index contributed by atoms with van der Waals surface area (Å²) in [5.74, 6) is -4.20. The Bertz CT molecular complexity index is 564. The highest BCUT2D eigenvalue weighted by atomic mass is 16.4. The molecule has 9 nitrogen and oxygen atoms in total. The summed E-state index contributed by atoms with van der Waals surface area (Å²) in [6.45, 7) is 0. The maximum Gasteiger partial charge on any atom is 0.336 e. The molecular weight excluding hydrogens is 354 g/mol. The molecule has 0 saturated carbocycles. The predicted octanol–water partition coefficient (Wildman–Crippen LogP) is 1.31. The Morgan fingerprint density at radius 2 is 0.889 bits per heavy atom. The zero-order chi connectivity index (χ0) is 22.3. The van der Waals surface area contributed by atoms with Crippen LogP contribution in [-0.4, -0.2) is 111 Å². The molecule has 0 spiro atoms. The number of hydrogen-bond donors (Lipinski definition) is 3. The van der Waals surface area contributed by atoms with Gasteiger partial charge in [0.15, 0.2) is 0 Å². The number of aromatic carboxylic acids is 3. The van der Waals surface area contributed by atoms with Crippen LogP contribution in [-0.2, 0) is 0 Å². The Hall–Kier alpha value is -2.49. The number of nitrogens with zero attached hydrogens (tertiary/aromatic N) is 3. The molecule has 156 valence electrons. The molecule has 0 aliphatic carbocycles. The number of benzene rings is 1. The molecule has 3 N–H and O–H groups in total. The van der Waals surface area contributed by atoms with Crippen LogP contribution in [0.25, 0.3) is 0 Å². The topological polar surface area (TPSA) is 122 Å². The zero-order valence-electron chi connectivity index (χ0n) is 17.6. The molecule has 27 heavy (non-hydrogen) atoms. The van der Waals surface area contributed by atoms with E-state index in [0.717, 1.165) is 18.2 Å². The maximum absolute atomic E-state index is 10.6. The molecule has 0 unspecified atom stereocenters. The van der Waals surface area contributed by atoms with Gasteiger partial charge in [-0.25, -0.2) is 14.4 Å². The monoisotopic (exact) mass is 387 g/mol. The molecule has 0 amide bonds. The first-order valence-corrected chi connectivity index (χ1v) is 7.80. The molecule has 0 atom stereocenters. The van der Waals surface area contributed by atoms with Crippen molar-refractivity contribution < 1.29 is 29.7 Å². The lowest BCUT2D eigenvalue weighted by Crippen LogP contribution is -2.10. The molecule has 0 aromatic heterocycles. The van der Waals surface area contributed by atoms with E-state index in [4.69, 9.17) is 15.3 Å². The number of carboxylic acids is 3. The van der Waals surface area contributed by atoms with Crippen LogP contribution < -0.4 is 0 Å². The van der Waals surface area contributed by atoms with E-state index in [1.807, 2.05) is 78.1 Å². The molecule has 0 radical (unpaired) electrons. The van der Waals surface area contributed by atoms with Crippen LogP contribution >= 0.6 is 0 Å². The third-order valence-electron chi connectivity index (χ3n) is 1.73. The fraction of sp³-hybridized carbons (Fsp3) is 0.500. The second kappa shape index (κ2) is 15.7. The van der Waals surface area contributed by atoms with Gasteiger partial charge in [-0.1, -0.05) is 0 Å². The van der Waals surface area contributed by atoms with E-state index in [1.54, 1.807) is 0 Å². The van der Waals surface area contributed by atoms with E-state index in [-0.39, 0.29) is 5.56 Å². The molecule has 0 bridgehead atoms. The second-order valence-electron chi connectivity index (χ2n) is 6.70. The van der Waals surface area contributed by atoms with Gasteiger partial charge in [-0.15, -0.1) is 0 Å². The first kappa shape index (κ1) is 29.3. The first-order valence-electron chi connectivity index (χ1n) is 7.80. The second-order valence-corrected chi connectivity index (χ2v) is 6.70. The Morgan fingerprint density at radius 1 is 0.593 bits per heavy atom. The van der Waals surface area contributed by atoms with Crippen LogP contribution in [0.5, 0.6) is 0 Å². The molecule has 9 heteroatoms. The molecule has 1 aromatic carbocycles. The zero-order valence-corrected chi connectivity index (χ0v) is 17.6. The molecule has 0 fully saturated rings. The van der Waals surface area contributed by atoms with Crippen molar-refractivity contribution in [2.75, 3.05) is 63.4 Å². The lowest BCUT2D eigenvalue weighted by atomic mass is 10.0. The summed E-state index contributed by atoms with van der Waals surface area (Å²) in [5, 5.41) is 25.9. The van der Waals surface area contributed by atoms with Crippen molar-refractivity contribution in [3.63, 3.8) is 0 Å². The summed E-state index contributed by atoms with van der Waals surface area (Å²) in [5.41, 5.74) is -1.24. The van der Waals surface area contributed by atoms with Gasteiger partial charge in [0.2, 0.25) is 0 Å². The molecular formula is C18H33N3O6. The van der Waals surface area contributed by atoms with Crippen molar-refractivity contribution in [3.05, 3.63) is 34.9 Å². The van der Waals surface area contributed by atoms with Crippen LogP contribution in [0.4, 0.5) is 0 Å². The van der Waals surface area contributed by atoms with Crippen molar-refractivity contribution in [1.29, 1.82) is 0 Å². The normalized spacial score (nSPS) is 9.33. The summed E-state index contributed by atoms with van der Waals surface area (Å²) in [4.78, 5) is 37.8. The standard InChI is InChI=1S/C9H6O6.3C3H9N/c10-7(11)4-1-2-5(8(12)13)6(3-4)9(14)15;3*1-4(2)3/h1-3H,(H,10,11)(H,12,13)(H,14,15);3*1-3H3. The van der Waals surface area contributed by atoms with Crippen molar-refractivity contribution in [2.24, 2.45) is 0 Å². The largest absolute Gasteiger partial charge is 0.478 e. The van der Waals surface area contributed by atoms with Gasteiger partial charge in [-0.05, 0) is 81.6 Å². The number of carbonyl (C=O) groups is 3. The van der Waals surface area contributed by atoms with E-state index < -0.39 is 29.0 Å². The van der Waals surface area contributed by atoms with Gasteiger partial charge in [-0.2, -0.15) is 0 Å². The third kappa shape index (κ3) is 21.5. The quantitative estimate of drug-likeness (QED) is 0.704. The van der Waals surface area contributed by atoms with E-state index in [0.29, 0.717) is 0 Å². The molecule has 1 aromatic rings. The van der Waals surface area contributed by atoms with E-state index >= 15 is 0 Å². The highest BCUT2D eigenvalue weighted by Gasteiger charge is 2.17. The molecule has 1 rings (SSSR count). The summed E-state index contributed by atoms with van der Waals surface area (Å²) in [6.07, 6.45) is 0. The fourth-order valence-corrected chi connectivity index (χ4v) is 1.04. The number of carboxylic acid groups (broad SMARTS) is 3. The number of hydrogen-bond acceptors (Lipinski definition) is 6. The fourth-order valence-electron chi connectivity index (χ4n) is 1.04. The lowest BCUT2D eigenvalue weighted by Gasteiger charge is -2.02. The SMILES string of the molecule is CN(C)C.CN(C)C.CN(C)C.O=C(O)c1ccc(C(=O)O)c(C(=O)O)c1. The van der Waals surface area contributed by atoms with Crippen LogP contribution in [0.15, 0.2) is 18.2 Å². The molecule has 0 heterocycles. The van der Waals surface area contributed by atoms with Gasteiger partial charge in [0.1, 0.15) is 0 Å². The molecule has 0 aliphatic heterocycles. The van der Waals surface area contributed by atoms with Crippen LogP contribution in [0.3, 0.4) is 0 Å². The first-order chi connectivity index (χ1) is 12.1. The molecule has 0 aliphatic rings. The van der Waals surface area contributed by atoms with E-state index in [9.17, 15) is 14.4 Å². The number of rotatable bonds is 3. The van der Waals surface area contributed by atoms with Crippen molar-refractivity contribution in [2.45, 2.75) is 0 Å². The van der Waals surface area contributed by atoms with Gasteiger partial charge in [0.25, 0.3) is 0 Å². The van der Waals surface area contributed by atoms with Crippen molar-refractivity contribution in [3.8, 4) is 0 Å². The minimum Gasteiger partial charge on any atom is -0.478 e. The summed E-state index contributed by atoms with van der Waals surface area (Å²) < 4.78 is 0. The Morgan fingerprint density at radius 3 is 1.11 bits per heavy atom. The van der Waals surface area contributed by atoms with Crippen molar-refractivity contribution in [1.82, 2.24) is 14.7 Å². The summed E-state index contributed by atoms with van der Waals surface area (Å²) in [7, 11) is 18.0. The maximum atomic E-state index is 10.6.